The molecule has 0 radical (unpaired) electrons. The molecule has 0 bridgehead atoms. The van der Waals surface area contributed by atoms with Gasteiger partial charge >= 0.3 is 0 Å². The van der Waals surface area contributed by atoms with E-state index in [0.717, 1.165) is 27.6 Å². The molecular formula is C27H29N3O3. The Hall–Kier alpha value is -3.67. The molecule has 1 heterocycles. The van der Waals surface area contributed by atoms with E-state index < -0.39 is 6.04 Å². The maximum Gasteiger partial charge on any atom is 0.258 e. The molecule has 3 aromatic carbocycles. The van der Waals surface area contributed by atoms with Gasteiger partial charge in [0.2, 0.25) is 11.8 Å². The molecule has 0 aliphatic carbocycles. The smallest absolute Gasteiger partial charge is 0.258 e. The Balaban J connectivity index is 1.46. The first-order valence-electron chi connectivity index (χ1n) is 11.3. The van der Waals surface area contributed by atoms with Gasteiger partial charge in [0.15, 0.2) is 0 Å². The van der Waals surface area contributed by atoms with Crippen LogP contribution in [0, 0.1) is 6.92 Å². The molecular weight excluding hydrogens is 414 g/mol. The van der Waals surface area contributed by atoms with E-state index in [1.807, 2.05) is 67.6 Å². The number of nitrogens with zero attached hydrogens (tertiary/aromatic N) is 2. The van der Waals surface area contributed by atoms with Gasteiger partial charge in [-0.25, -0.2) is 0 Å². The monoisotopic (exact) mass is 443 g/mol. The van der Waals surface area contributed by atoms with Crippen LogP contribution in [0.15, 0.2) is 60.7 Å². The van der Waals surface area contributed by atoms with Gasteiger partial charge in [-0.05, 0) is 43.4 Å². The van der Waals surface area contributed by atoms with E-state index in [4.69, 9.17) is 0 Å². The number of likely N-dealkylation sites (N-methyl/N-ethyl adjacent to an activating group) is 1. The number of nitrogens with one attached hydrogen (secondary N) is 1. The second-order valence-corrected chi connectivity index (χ2v) is 8.54. The van der Waals surface area contributed by atoms with Gasteiger partial charge in [-0.15, -0.1) is 0 Å². The zero-order chi connectivity index (χ0) is 23.5. The third-order valence-electron chi connectivity index (χ3n) is 6.27. The van der Waals surface area contributed by atoms with Gasteiger partial charge in [-0.1, -0.05) is 54.1 Å². The average Bonchev–Trinajstić information content (AvgIpc) is 3.09. The van der Waals surface area contributed by atoms with Crippen LogP contribution in [0.25, 0.3) is 10.8 Å². The van der Waals surface area contributed by atoms with Crippen molar-refractivity contribution in [2.45, 2.75) is 39.3 Å². The highest BCUT2D eigenvalue weighted by Crippen LogP contribution is 2.37. The van der Waals surface area contributed by atoms with Crippen LogP contribution in [0.5, 0.6) is 0 Å². The lowest BCUT2D eigenvalue weighted by atomic mass is 10.1. The standard InChI is InChI=1S/C27H29N3O3/c1-18-8-4-9-20(16-18)17-30(19(2)26(32)28-3)24(31)14-7-15-29-23-13-6-11-21-10-5-12-22(25(21)23)27(29)33/h4-6,8-13,16,19H,7,14-15,17H2,1-3H3,(H,28,32)/t19-/m1/s1. The van der Waals surface area contributed by atoms with Crippen LogP contribution in [0.3, 0.4) is 0 Å². The number of benzene rings is 3. The molecule has 1 N–H and O–H groups in total. The summed E-state index contributed by atoms with van der Waals surface area (Å²) in [7, 11) is 1.57. The molecule has 3 aromatic rings. The Labute approximate surface area is 194 Å². The molecule has 1 aliphatic heterocycles. The molecule has 170 valence electrons. The summed E-state index contributed by atoms with van der Waals surface area (Å²) in [5.41, 5.74) is 3.70. The lowest BCUT2D eigenvalue weighted by molar-refractivity contribution is -0.140. The summed E-state index contributed by atoms with van der Waals surface area (Å²) in [4.78, 5) is 41.9. The van der Waals surface area contributed by atoms with Crippen molar-refractivity contribution in [2.24, 2.45) is 0 Å². The summed E-state index contributed by atoms with van der Waals surface area (Å²) in [6.45, 7) is 4.56. The molecule has 0 unspecified atom stereocenters. The largest absolute Gasteiger partial charge is 0.357 e. The lowest BCUT2D eigenvalue weighted by Crippen LogP contribution is -2.46. The van der Waals surface area contributed by atoms with Crippen LogP contribution in [0.1, 0.15) is 41.3 Å². The van der Waals surface area contributed by atoms with Crippen LogP contribution >= 0.6 is 0 Å². The fourth-order valence-electron chi connectivity index (χ4n) is 4.53. The molecule has 6 heteroatoms. The third-order valence-corrected chi connectivity index (χ3v) is 6.27. The molecule has 0 spiro atoms. The number of hydrogen-bond acceptors (Lipinski definition) is 3. The minimum atomic E-state index is -0.588. The molecule has 1 aliphatic rings. The van der Waals surface area contributed by atoms with Crippen molar-refractivity contribution >= 4 is 34.2 Å². The van der Waals surface area contributed by atoms with E-state index in [9.17, 15) is 14.4 Å². The van der Waals surface area contributed by atoms with Gasteiger partial charge in [0, 0.05) is 37.5 Å². The zero-order valence-corrected chi connectivity index (χ0v) is 19.3. The molecule has 0 aromatic heterocycles. The van der Waals surface area contributed by atoms with Crippen LogP contribution in [-0.4, -0.2) is 42.3 Å². The van der Waals surface area contributed by atoms with Crippen molar-refractivity contribution in [1.29, 1.82) is 0 Å². The predicted octanol–water partition coefficient (Wildman–Crippen LogP) is 4.05. The van der Waals surface area contributed by atoms with Gasteiger partial charge in [0.1, 0.15) is 6.04 Å². The summed E-state index contributed by atoms with van der Waals surface area (Å²) in [6, 6.07) is 19.0. The van der Waals surface area contributed by atoms with E-state index in [-0.39, 0.29) is 24.1 Å². The Bertz CT molecular complexity index is 1210. The SMILES string of the molecule is CNC(=O)[C@@H](C)N(Cc1cccc(C)c1)C(=O)CCCN1C(=O)c2cccc3cccc1c23. The zero-order valence-electron chi connectivity index (χ0n) is 19.3. The van der Waals surface area contributed by atoms with Crippen molar-refractivity contribution in [1.82, 2.24) is 10.2 Å². The number of anilines is 1. The number of rotatable bonds is 8. The van der Waals surface area contributed by atoms with Crippen molar-refractivity contribution in [3.63, 3.8) is 0 Å². The van der Waals surface area contributed by atoms with Gasteiger partial charge in [0.25, 0.3) is 5.91 Å². The highest BCUT2D eigenvalue weighted by atomic mass is 16.2. The average molecular weight is 444 g/mol. The van der Waals surface area contributed by atoms with Crippen molar-refractivity contribution in [3.8, 4) is 0 Å². The number of aryl methyl sites for hydroxylation is 1. The third kappa shape index (κ3) is 4.46. The topological polar surface area (TPSA) is 69.7 Å². The van der Waals surface area contributed by atoms with E-state index >= 15 is 0 Å². The van der Waals surface area contributed by atoms with Crippen LogP contribution in [0.2, 0.25) is 0 Å². The highest BCUT2D eigenvalue weighted by molar-refractivity contribution is 6.25. The Morgan fingerprint density at radius 2 is 1.79 bits per heavy atom. The number of carbonyl (C=O) groups is 3. The van der Waals surface area contributed by atoms with E-state index in [2.05, 4.69) is 5.32 Å². The van der Waals surface area contributed by atoms with Gasteiger partial charge in [0.05, 0.1) is 5.69 Å². The fraction of sp³-hybridized carbons (Fsp3) is 0.296. The Morgan fingerprint density at radius 1 is 1.06 bits per heavy atom. The molecule has 4 rings (SSSR count). The maximum atomic E-state index is 13.2. The Kier molecular flexibility index (Phi) is 6.45. The first kappa shape index (κ1) is 22.5. The molecule has 0 saturated carbocycles. The van der Waals surface area contributed by atoms with E-state index in [1.165, 1.54) is 0 Å². The van der Waals surface area contributed by atoms with Crippen molar-refractivity contribution in [3.05, 3.63) is 77.4 Å². The minimum absolute atomic E-state index is 0.0235. The summed E-state index contributed by atoms with van der Waals surface area (Å²) in [5, 5.41) is 4.66. The second kappa shape index (κ2) is 9.45. The summed E-state index contributed by atoms with van der Waals surface area (Å²) < 4.78 is 0. The van der Waals surface area contributed by atoms with Gasteiger partial charge in [-0.3, -0.25) is 14.4 Å². The molecule has 3 amide bonds. The fourth-order valence-corrected chi connectivity index (χ4v) is 4.53. The molecule has 1 atom stereocenters. The predicted molar refractivity (Wildman–Crippen MR) is 130 cm³/mol. The van der Waals surface area contributed by atoms with Crippen LogP contribution < -0.4 is 10.2 Å². The van der Waals surface area contributed by atoms with Crippen LogP contribution in [-0.2, 0) is 16.1 Å². The molecule has 33 heavy (non-hydrogen) atoms. The van der Waals surface area contributed by atoms with Gasteiger partial charge < -0.3 is 15.1 Å². The first-order chi connectivity index (χ1) is 15.9. The van der Waals surface area contributed by atoms with Crippen molar-refractivity contribution < 1.29 is 14.4 Å². The minimum Gasteiger partial charge on any atom is -0.357 e. The molecule has 0 saturated heterocycles. The van der Waals surface area contributed by atoms with E-state index in [0.29, 0.717) is 25.1 Å². The lowest BCUT2D eigenvalue weighted by Gasteiger charge is -2.29. The quantitative estimate of drug-likeness (QED) is 0.571. The first-order valence-corrected chi connectivity index (χ1v) is 11.3. The highest BCUT2D eigenvalue weighted by Gasteiger charge is 2.30. The van der Waals surface area contributed by atoms with Crippen molar-refractivity contribution in [2.75, 3.05) is 18.5 Å². The molecule has 6 nitrogen and oxygen atoms in total. The maximum absolute atomic E-state index is 13.2. The Morgan fingerprint density at radius 3 is 2.52 bits per heavy atom. The normalized spacial score (nSPS) is 13.3. The number of carbonyl (C=O) groups excluding carboxylic acids is 3. The number of amides is 3. The summed E-state index contributed by atoms with van der Waals surface area (Å²) in [5.74, 6) is -0.326. The van der Waals surface area contributed by atoms with Crippen LogP contribution in [0.4, 0.5) is 5.69 Å². The van der Waals surface area contributed by atoms with Gasteiger partial charge in [-0.2, -0.15) is 0 Å². The van der Waals surface area contributed by atoms with E-state index in [1.54, 1.807) is 23.8 Å². The molecule has 0 fully saturated rings. The number of hydrogen-bond donors (Lipinski definition) is 1. The summed E-state index contributed by atoms with van der Waals surface area (Å²) >= 11 is 0. The summed E-state index contributed by atoms with van der Waals surface area (Å²) in [6.07, 6.45) is 0.767. The second-order valence-electron chi connectivity index (χ2n) is 8.54.